The summed E-state index contributed by atoms with van der Waals surface area (Å²) < 4.78 is 32.2. The van der Waals surface area contributed by atoms with Crippen LogP contribution in [0.3, 0.4) is 0 Å². The third-order valence-corrected chi connectivity index (χ3v) is 4.59. The summed E-state index contributed by atoms with van der Waals surface area (Å²) in [6.45, 7) is 3.39. The van der Waals surface area contributed by atoms with Crippen molar-refractivity contribution < 1.29 is 42.4 Å². The van der Waals surface area contributed by atoms with Crippen LogP contribution in [0.15, 0.2) is 10.5 Å². The van der Waals surface area contributed by atoms with Gasteiger partial charge in [0.1, 0.15) is 11.7 Å². The topological polar surface area (TPSA) is 231 Å². The molecule has 7 N–H and O–H groups in total. The van der Waals surface area contributed by atoms with Crippen LogP contribution in [0.2, 0.25) is 0 Å². The Labute approximate surface area is 168 Å². The van der Waals surface area contributed by atoms with Crippen LogP contribution in [0.1, 0.15) is 26.5 Å². The number of amides is 1. The minimum absolute atomic E-state index is 0.0363. The van der Waals surface area contributed by atoms with E-state index in [0.717, 1.165) is 32.1 Å². The van der Waals surface area contributed by atoms with E-state index in [1.54, 1.807) is 4.72 Å². The smallest absolute Gasteiger partial charge is 0.350 e. The number of nitrogens with zero attached hydrogens (tertiary/aromatic N) is 2. The maximum absolute atomic E-state index is 12.6. The third kappa shape index (κ3) is 7.26. The Kier molecular flexibility index (Phi) is 7.62. The number of carbonyl (C=O) groups is 3. The number of carbonyl (C=O) groups excluding carboxylic acids is 1. The highest BCUT2D eigenvalue weighted by molar-refractivity contribution is 7.83. The number of nitrogens with two attached hydrogens (primary N) is 1. The van der Waals surface area contributed by atoms with Gasteiger partial charge in [-0.15, -0.1) is 11.3 Å². The highest BCUT2D eigenvalue weighted by Gasteiger charge is 2.33. The number of nitrogen functional groups attached to an aromatic ring is 1. The molecule has 16 heteroatoms. The van der Waals surface area contributed by atoms with Gasteiger partial charge in [0.15, 0.2) is 10.8 Å². The van der Waals surface area contributed by atoms with Gasteiger partial charge in [-0.3, -0.25) is 9.35 Å². The van der Waals surface area contributed by atoms with Crippen molar-refractivity contribution in [2.24, 2.45) is 5.16 Å². The predicted octanol–water partition coefficient (Wildman–Crippen LogP) is -1.34. The van der Waals surface area contributed by atoms with Crippen molar-refractivity contribution in [2.75, 3.05) is 5.73 Å². The number of oxime groups is 1. The number of hydrogen-bond acceptors (Lipinski definition) is 10. The summed E-state index contributed by atoms with van der Waals surface area (Å²) in [4.78, 5) is 43.8. The normalized spacial score (nSPS) is 14.7. The largest absolute Gasteiger partial charge is 0.480 e. The summed E-state index contributed by atoms with van der Waals surface area (Å²) in [6, 6.07) is -3.30. The third-order valence-electron chi connectivity index (χ3n) is 3.25. The Morgan fingerprint density at radius 3 is 2.34 bits per heavy atom. The van der Waals surface area contributed by atoms with Crippen LogP contribution in [0.25, 0.3) is 0 Å². The summed E-state index contributed by atoms with van der Waals surface area (Å²) in [6.07, 6.45) is 0. The van der Waals surface area contributed by atoms with Crippen LogP contribution < -0.4 is 15.8 Å². The lowest BCUT2D eigenvalue weighted by atomic mass is 10.1. The molecule has 14 nitrogen and oxygen atoms in total. The molecule has 1 amide bonds. The molecule has 0 aliphatic rings. The Bertz CT molecular complexity index is 925. The molecule has 0 aliphatic heterocycles. The number of carboxylic acid groups (broad SMARTS) is 2. The molecule has 2 atom stereocenters. The van der Waals surface area contributed by atoms with Crippen molar-refractivity contribution in [1.29, 1.82) is 0 Å². The Morgan fingerprint density at radius 1 is 1.34 bits per heavy atom. The fourth-order valence-electron chi connectivity index (χ4n) is 1.71. The maximum Gasteiger partial charge on any atom is 0.350 e. The van der Waals surface area contributed by atoms with Crippen molar-refractivity contribution >= 4 is 50.3 Å². The average molecular weight is 453 g/mol. The molecule has 0 aliphatic carbocycles. The van der Waals surface area contributed by atoms with E-state index in [1.165, 1.54) is 5.38 Å². The molecule has 1 aromatic rings. The summed E-state index contributed by atoms with van der Waals surface area (Å²) in [7, 11) is -4.76. The van der Waals surface area contributed by atoms with E-state index in [1.807, 2.05) is 5.32 Å². The van der Waals surface area contributed by atoms with E-state index >= 15 is 0 Å². The molecular formula is C13H19N5O9S2. The summed E-state index contributed by atoms with van der Waals surface area (Å²) >= 11 is 0.922. The molecule has 0 unspecified atom stereocenters. The van der Waals surface area contributed by atoms with Crippen molar-refractivity contribution in [2.45, 2.75) is 38.5 Å². The Hall–Kier alpha value is -2.82. The van der Waals surface area contributed by atoms with E-state index in [4.69, 9.17) is 20.2 Å². The van der Waals surface area contributed by atoms with Gasteiger partial charge >= 0.3 is 22.2 Å². The van der Waals surface area contributed by atoms with Crippen molar-refractivity contribution in [1.82, 2.24) is 15.0 Å². The first-order chi connectivity index (χ1) is 13.1. The molecule has 0 aromatic carbocycles. The van der Waals surface area contributed by atoms with E-state index in [9.17, 15) is 27.9 Å². The van der Waals surface area contributed by atoms with E-state index in [2.05, 4.69) is 10.1 Å². The first-order valence-corrected chi connectivity index (χ1v) is 9.95. The highest BCUT2D eigenvalue weighted by Crippen LogP contribution is 2.15. The molecule has 0 bridgehead atoms. The van der Waals surface area contributed by atoms with Crippen molar-refractivity contribution in [3.05, 3.63) is 11.1 Å². The van der Waals surface area contributed by atoms with Crippen LogP contribution in [-0.4, -0.2) is 69.4 Å². The summed E-state index contributed by atoms with van der Waals surface area (Å²) in [5, 5.41) is 25.1. The lowest BCUT2D eigenvalue weighted by Crippen LogP contribution is -2.55. The summed E-state index contributed by atoms with van der Waals surface area (Å²) in [5.74, 6) is -4.20. The number of nitrogens with one attached hydrogen (secondary N) is 2. The SMILES string of the molecule is C[C@H](NS(=O)(=O)O)[C@H](NC(=O)C(=NOC(C)(C)C(=O)O)c1csc(N)n1)C(=O)O. The molecule has 0 saturated heterocycles. The number of hydrogen-bond donors (Lipinski definition) is 6. The molecular weight excluding hydrogens is 434 g/mol. The number of carboxylic acids is 2. The number of thiazole rings is 1. The van der Waals surface area contributed by atoms with Gasteiger partial charge in [0.2, 0.25) is 5.60 Å². The van der Waals surface area contributed by atoms with Gasteiger partial charge in [-0.05, 0) is 20.8 Å². The molecule has 1 aromatic heterocycles. The molecule has 1 rings (SSSR count). The van der Waals surface area contributed by atoms with Crippen LogP contribution in [0, 0.1) is 0 Å². The number of aliphatic carboxylic acids is 2. The van der Waals surface area contributed by atoms with Gasteiger partial charge in [-0.1, -0.05) is 5.16 Å². The molecule has 0 fully saturated rings. The van der Waals surface area contributed by atoms with Gasteiger partial charge in [-0.25, -0.2) is 14.6 Å². The molecule has 0 saturated carbocycles. The van der Waals surface area contributed by atoms with Gasteiger partial charge in [0.05, 0.1) is 6.04 Å². The predicted molar refractivity (Wildman–Crippen MR) is 99.6 cm³/mol. The number of aromatic nitrogens is 1. The maximum atomic E-state index is 12.6. The van der Waals surface area contributed by atoms with Crippen LogP contribution in [0.5, 0.6) is 0 Å². The second-order valence-corrected chi connectivity index (χ2v) is 8.16. The number of rotatable bonds is 10. The second-order valence-electron chi connectivity index (χ2n) is 6.09. The van der Waals surface area contributed by atoms with Crippen LogP contribution in [0.4, 0.5) is 5.13 Å². The zero-order chi connectivity index (χ0) is 22.6. The minimum atomic E-state index is -4.76. The number of anilines is 1. The molecule has 0 radical (unpaired) electrons. The van der Waals surface area contributed by atoms with Gasteiger partial charge in [-0.2, -0.15) is 13.1 Å². The zero-order valence-corrected chi connectivity index (χ0v) is 16.9. The van der Waals surface area contributed by atoms with E-state index < -0.39 is 51.5 Å². The van der Waals surface area contributed by atoms with Gasteiger partial charge in [0, 0.05) is 5.38 Å². The molecule has 0 spiro atoms. The van der Waals surface area contributed by atoms with Crippen LogP contribution in [-0.2, 0) is 29.5 Å². The second kappa shape index (κ2) is 9.12. The lowest BCUT2D eigenvalue weighted by Gasteiger charge is -2.21. The fourth-order valence-corrected chi connectivity index (χ4v) is 2.87. The average Bonchev–Trinajstić information content (AvgIpc) is 2.96. The zero-order valence-electron chi connectivity index (χ0n) is 15.3. The summed E-state index contributed by atoms with van der Waals surface area (Å²) in [5.41, 5.74) is 2.93. The first-order valence-electron chi connectivity index (χ1n) is 7.63. The first kappa shape index (κ1) is 24.2. The van der Waals surface area contributed by atoms with Gasteiger partial charge < -0.3 is 26.1 Å². The van der Waals surface area contributed by atoms with Crippen molar-refractivity contribution in [3.8, 4) is 0 Å². The van der Waals surface area contributed by atoms with Crippen molar-refractivity contribution in [3.63, 3.8) is 0 Å². The quantitative estimate of drug-likeness (QED) is 0.138. The van der Waals surface area contributed by atoms with Crippen LogP contribution >= 0.6 is 11.3 Å². The monoisotopic (exact) mass is 453 g/mol. The molecule has 1 heterocycles. The van der Waals surface area contributed by atoms with E-state index in [-0.39, 0.29) is 10.8 Å². The Balaban J connectivity index is 3.22. The molecule has 162 valence electrons. The van der Waals surface area contributed by atoms with E-state index in [0.29, 0.717) is 0 Å². The molecule has 29 heavy (non-hydrogen) atoms. The Morgan fingerprint density at radius 2 is 1.93 bits per heavy atom. The lowest BCUT2D eigenvalue weighted by molar-refractivity contribution is -0.161. The van der Waals surface area contributed by atoms with Gasteiger partial charge in [0.25, 0.3) is 5.91 Å². The fraction of sp³-hybridized carbons (Fsp3) is 0.462. The standard InChI is InChI=1S/C13H19N5O9S2/c1-5(18-29(24,25)26)7(10(20)21)16-9(19)8(6-4-28-12(14)15-6)17-27-13(2,3)11(22)23/h4-5,7,18H,1-3H3,(H2,14,15)(H,16,19)(H,20,21)(H,22,23)(H,24,25,26)/t5-,7-/m0/s1. The highest BCUT2D eigenvalue weighted by atomic mass is 32.2. The minimum Gasteiger partial charge on any atom is -0.480 e.